The summed E-state index contributed by atoms with van der Waals surface area (Å²) in [6, 6.07) is 0. The lowest BCUT2D eigenvalue weighted by Crippen LogP contribution is -2.73. The van der Waals surface area contributed by atoms with Crippen LogP contribution in [0.2, 0.25) is 0 Å². The molecule has 0 amide bonds. The van der Waals surface area contributed by atoms with Crippen LogP contribution in [-0.4, -0.2) is 164 Å². The fourth-order valence-electron chi connectivity index (χ4n) is 15.1. The number of esters is 3. The number of aliphatic hydroxyl groups excluding tert-OH is 7. The highest BCUT2D eigenvalue weighted by molar-refractivity contribution is 5.87. The second kappa shape index (κ2) is 19.3. The Morgan fingerprint density at radius 3 is 1.97 bits per heavy atom. The Morgan fingerprint density at radius 2 is 1.39 bits per heavy atom. The van der Waals surface area contributed by atoms with Gasteiger partial charge in [-0.25, -0.2) is 9.59 Å². The standard InChI is InChI=1S/C51H78O19/c1-12-23(2)43(63)68-38-36(60)45(64-24(3)37(38)65-25(4)54)70-40-41(66-26(5)55)51(22-53)28(19-46(40,6)7)27-13-14-30-47(8)17-16-32(67-44-35(59)33(57)34(58)39(69-44)42(61)62)48(9,21-52)29(47)15-18-49(30,10)50(27,11)20-31(51)56/h12-13,24,28-41,44-45,52-53,56-60H,14-22H2,1-11H3,(H,61,62)/b23-12-/t24-,28+,29-,30-,31-,32+,33+,34+,35-,36-,37+,38-,39+,40+,41+,44-,45+,47+,48-,49-,50-,51+/m1/s1. The number of aliphatic hydroxyl groups is 7. The van der Waals surface area contributed by atoms with Crippen LogP contribution in [0.25, 0.3) is 0 Å². The SMILES string of the molecule is C/C=C(/C)C(=O)O[C@@H]1[C@@H](O)[C@H](O[C@H]2[C@H](OC(C)=O)[C@]3(CO)[C@H](O)C[C@]4(C)C(=CC[C@@H]5[C@@]6(C)CC[C@H](O[C@@H]7O[C@H](C(=O)O)[C@@H](O)[C@H](O)[C@H]7O)[C@](C)(CO)[C@@H]6CC[C@]54C)[C@@H]3CC2(C)C)O[C@H](C)[C@@H]1OC(C)=O. The summed E-state index contributed by atoms with van der Waals surface area (Å²) in [7, 11) is 0. The second-order valence-electron chi connectivity index (χ2n) is 23.3. The van der Waals surface area contributed by atoms with Gasteiger partial charge in [-0.3, -0.25) is 9.59 Å². The van der Waals surface area contributed by atoms with Crippen LogP contribution in [0, 0.1) is 50.2 Å². The number of hydrogen-bond donors (Lipinski definition) is 8. The molecule has 2 saturated heterocycles. The zero-order valence-electron chi connectivity index (χ0n) is 42.4. The van der Waals surface area contributed by atoms with Gasteiger partial charge in [-0.1, -0.05) is 59.3 Å². The molecule has 396 valence electrons. The molecular weight excluding hydrogens is 917 g/mol. The van der Waals surface area contributed by atoms with E-state index in [1.165, 1.54) is 26.8 Å². The second-order valence-corrected chi connectivity index (χ2v) is 23.3. The van der Waals surface area contributed by atoms with Gasteiger partial charge in [0.05, 0.1) is 36.9 Å². The van der Waals surface area contributed by atoms with Crippen molar-refractivity contribution in [3.63, 3.8) is 0 Å². The molecule has 0 aromatic rings. The summed E-state index contributed by atoms with van der Waals surface area (Å²) < 4.78 is 42.3. The Morgan fingerprint density at radius 1 is 0.743 bits per heavy atom. The van der Waals surface area contributed by atoms with Crippen molar-refractivity contribution in [2.75, 3.05) is 13.2 Å². The molecule has 6 fully saturated rings. The number of carboxylic acid groups (broad SMARTS) is 1. The predicted molar refractivity (Wildman–Crippen MR) is 245 cm³/mol. The van der Waals surface area contributed by atoms with Gasteiger partial charge in [0.1, 0.15) is 36.6 Å². The third kappa shape index (κ3) is 8.47. The Labute approximate surface area is 409 Å². The summed E-state index contributed by atoms with van der Waals surface area (Å²) in [6.45, 7) is 18.8. The van der Waals surface area contributed by atoms with Gasteiger partial charge in [0.2, 0.25) is 0 Å². The van der Waals surface area contributed by atoms with Crippen LogP contribution >= 0.6 is 0 Å². The van der Waals surface area contributed by atoms with Gasteiger partial charge >= 0.3 is 23.9 Å². The van der Waals surface area contributed by atoms with Gasteiger partial charge in [0.15, 0.2) is 30.9 Å². The van der Waals surface area contributed by atoms with E-state index >= 15 is 0 Å². The number of hydrogen-bond acceptors (Lipinski definition) is 18. The van der Waals surface area contributed by atoms with Crippen molar-refractivity contribution in [2.24, 2.45) is 50.2 Å². The van der Waals surface area contributed by atoms with E-state index in [1.807, 2.05) is 20.8 Å². The minimum absolute atomic E-state index is 0.0105. The molecule has 19 heteroatoms. The van der Waals surface area contributed by atoms with Gasteiger partial charge in [-0.05, 0) is 105 Å². The third-order valence-electron chi connectivity index (χ3n) is 19.2. The van der Waals surface area contributed by atoms with Crippen molar-refractivity contribution in [2.45, 2.75) is 207 Å². The number of carbonyl (C=O) groups excluding carboxylic acids is 3. The molecule has 4 saturated carbocycles. The third-order valence-corrected chi connectivity index (χ3v) is 19.2. The van der Waals surface area contributed by atoms with Gasteiger partial charge in [0, 0.05) is 24.8 Å². The van der Waals surface area contributed by atoms with E-state index in [4.69, 9.17) is 33.2 Å². The van der Waals surface area contributed by atoms with E-state index in [-0.39, 0.29) is 30.4 Å². The Kier molecular flexibility index (Phi) is 15.1. The summed E-state index contributed by atoms with van der Waals surface area (Å²) in [4.78, 5) is 50.5. The van der Waals surface area contributed by atoms with E-state index in [0.29, 0.717) is 38.5 Å². The maximum atomic E-state index is 13.2. The van der Waals surface area contributed by atoms with E-state index in [9.17, 15) is 60.0 Å². The Balaban J connectivity index is 1.21. The molecule has 5 aliphatic carbocycles. The molecule has 0 radical (unpaired) electrons. The smallest absolute Gasteiger partial charge is 0.335 e. The van der Waals surface area contributed by atoms with Crippen LogP contribution in [0.5, 0.6) is 0 Å². The average Bonchev–Trinajstić information content (AvgIpc) is 3.28. The summed E-state index contributed by atoms with van der Waals surface area (Å²) in [5, 5.41) is 89.3. The van der Waals surface area contributed by atoms with Crippen molar-refractivity contribution in [3.8, 4) is 0 Å². The summed E-state index contributed by atoms with van der Waals surface area (Å²) in [6.07, 6.45) is -12.8. The first-order valence-electron chi connectivity index (χ1n) is 24.9. The summed E-state index contributed by atoms with van der Waals surface area (Å²) >= 11 is 0. The number of aliphatic carboxylic acids is 1. The van der Waals surface area contributed by atoms with Crippen molar-refractivity contribution in [1.82, 2.24) is 0 Å². The van der Waals surface area contributed by atoms with E-state index in [1.54, 1.807) is 13.8 Å². The van der Waals surface area contributed by atoms with Crippen molar-refractivity contribution >= 4 is 23.9 Å². The Hall–Kier alpha value is -3.08. The maximum absolute atomic E-state index is 13.2. The van der Waals surface area contributed by atoms with E-state index in [2.05, 4.69) is 26.8 Å². The normalized spacial score (nSPS) is 48.9. The zero-order chi connectivity index (χ0) is 52.0. The van der Waals surface area contributed by atoms with Crippen LogP contribution in [-0.2, 0) is 52.3 Å². The van der Waals surface area contributed by atoms with Gasteiger partial charge in [-0.15, -0.1) is 0 Å². The first kappa shape index (κ1) is 54.7. The number of allylic oxidation sites excluding steroid dienone is 3. The molecule has 8 N–H and O–H groups in total. The van der Waals surface area contributed by atoms with Crippen molar-refractivity contribution < 1.29 is 93.2 Å². The predicted octanol–water partition coefficient (Wildman–Crippen LogP) is 2.45. The number of rotatable bonds is 11. The van der Waals surface area contributed by atoms with Crippen molar-refractivity contribution in [1.29, 1.82) is 0 Å². The molecule has 0 bridgehead atoms. The largest absolute Gasteiger partial charge is 0.479 e. The van der Waals surface area contributed by atoms with Crippen LogP contribution in [0.15, 0.2) is 23.3 Å². The molecule has 0 unspecified atom stereocenters. The molecule has 0 spiro atoms. The number of fused-ring (bicyclic) bond motifs is 7. The molecule has 0 aromatic heterocycles. The molecular formula is C51H78O19. The fraction of sp³-hybridized carbons (Fsp3) is 0.843. The molecule has 0 aromatic carbocycles. The van der Waals surface area contributed by atoms with E-state index < -0.39 is 155 Å². The average molecular weight is 995 g/mol. The lowest BCUT2D eigenvalue weighted by molar-refractivity contribution is -0.343. The lowest BCUT2D eigenvalue weighted by atomic mass is 9.33. The van der Waals surface area contributed by atoms with Crippen molar-refractivity contribution in [3.05, 3.63) is 23.3 Å². The minimum Gasteiger partial charge on any atom is -0.479 e. The highest BCUT2D eigenvalue weighted by atomic mass is 16.7. The first-order valence-corrected chi connectivity index (χ1v) is 24.9. The fourth-order valence-corrected chi connectivity index (χ4v) is 15.1. The monoisotopic (exact) mass is 995 g/mol. The molecule has 2 aliphatic heterocycles. The number of ether oxygens (including phenoxy) is 7. The highest BCUT2D eigenvalue weighted by Gasteiger charge is 2.74. The quantitative estimate of drug-likeness (QED) is 0.0485. The maximum Gasteiger partial charge on any atom is 0.335 e. The van der Waals surface area contributed by atoms with Crippen LogP contribution in [0.1, 0.15) is 121 Å². The molecule has 7 aliphatic rings. The summed E-state index contributed by atoms with van der Waals surface area (Å²) in [5.41, 5.74) is -3.54. The number of carboxylic acids is 1. The molecule has 70 heavy (non-hydrogen) atoms. The molecule has 2 heterocycles. The van der Waals surface area contributed by atoms with E-state index in [0.717, 1.165) is 5.57 Å². The van der Waals surface area contributed by atoms with Gasteiger partial charge in [-0.2, -0.15) is 0 Å². The van der Waals surface area contributed by atoms with Crippen LogP contribution in [0.3, 0.4) is 0 Å². The molecule has 19 nitrogen and oxygen atoms in total. The minimum atomic E-state index is -1.88. The van der Waals surface area contributed by atoms with Crippen LogP contribution < -0.4 is 0 Å². The molecule has 7 rings (SSSR count). The van der Waals surface area contributed by atoms with Gasteiger partial charge < -0.3 is 74.0 Å². The lowest BCUT2D eigenvalue weighted by Gasteiger charge is -2.73. The summed E-state index contributed by atoms with van der Waals surface area (Å²) in [5.74, 6) is -4.32. The zero-order valence-corrected chi connectivity index (χ0v) is 42.4. The molecule has 22 atom stereocenters. The van der Waals surface area contributed by atoms with Crippen LogP contribution in [0.4, 0.5) is 0 Å². The topological polar surface area (TPSA) is 295 Å². The number of carbonyl (C=O) groups is 4. The van der Waals surface area contributed by atoms with Gasteiger partial charge in [0.25, 0.3) is 0 Å². The first-order chi connectivity index (χ1) is 32.5. The highest BCUT2D eigenvalue weighted by Crippen LogP contribution is 2.76. The Bertz CT molecular complexity index is 2070.